The van der Waals surface area contributed by atoms with Crippen molar-refractivity contribution in [1.82, 2.24) is 0 Å². The lowest BCUT2D eigenvalue weighted by molar-refractivity contribution is 0.436. The maximum Gasteiger partial charge on any atom is 0.135 e. The summed E-state index contributed by atoms with van der Waals surface area (Å²) in [6, 6.07) is 47.6. The molecule has 6 aromatic carbocycles. The lowest BCUT2D eigenvalue weighted by Crippen LogP contribution is -2.32. The molecule has 1 aliphatic heterocycles. The van der Waals surface area contributed by atoms with Crippen LogP contribution in [0.3, 0.4) is 0 Å². The lowest BCUT2D eigenvalue weighted by Gasteiger charge is -2.39. The maximum atomic E-state index is 6.68. The van der Waals surface area contributed by atoms with E-state index in [0.29, 0.717) is 0 Å². The van der Waals surface area contributed by atoms with Crippen LogP contribution in [0.5, 0.6) is 11.5 Å². The molecule has 0 saturated heterocycles. The molecular weight excluding hydrogens is 476 g/mol. The zero-order valence-electron chi connectivity index (χ0n) is 21.0. The molecule has 0 amide bonds. The molecule has 0 unspecified atom stereocenters. The Balaban J connectivity index is 1.31. The van der Waals surface area contributed by atoms with E-state index in [1.807, 2.05) is 12.1 Å². The van der Waals surface area contributed by atoms with Crippen LogP contribution in [-0.4, -0.2) is 0 Å². The minimum atomic E-state index is -0.430. The third-order valence-corrected chi connectivity index (χ3v) is 8.56. The van der Waals surface area contributed by atoms with Gasteiger partial charge in [0.1, 0.15) is 22.7 Å². The largest absolute Gasteiger partial charge is 0.457 e. The van der Waals surface area contributed by atoms with Crippen molar-refractivity contribution in [2.75, 3.05) is 0 Å². The van der Waals surface area contributed by atoms with Gasteiger partial charge in [-0.1, -0.05) is 103 Å². The molecule has 39 heavy (non-hydrogen) atoms. The molecule has 0 atom stereocenters. The summed E-state index contributed by atoms with van der Waals surface area (Å²) in [6.07, 6.45) is 0. The fraction of sp³-hybridized carbons (Fsp3) is 0.0270. The van der Waals surface area contributed by atoms with Gasteiger partial charge in [0.2, 0.25) is 0 Å². The van der Waals surface area contributed by atoms with Crippen molar-refractivity contribution in [3.05, 3.63) is 156 Å². The molecule has 0 bridgehead atoms. The van der Waals surface area contributed by atoms with E-state index in [1.54, 1.807) is 0 Å². The Bertz CT molecular complexity index is 2070. The van der Waals surface area contributed by atoms with E-state index in [-0.39, 0.29) is 0 Å². The van der Waals surface area contributed by atoms with Crippen molar-refractivity contribution in [3.63, 3.8) is 0 Å². The van der Waals surface area contributed by atoms with Crippen molar-refractivity contribution >= 4 is 21.9 Å². The zero-order chi connectivity index (χ0) is 25.6. The third kappa shape index (κ3) is 2.65. The third-order valence-electron chi connectivity index (χ3n) is 8.56. The number of para-hydroxylation sites is 2. The number of hydrogen-bond acceptors (Lipinski definition) is 2. The standard InChI is InChI=1S/C37H22O2/c1-4-12-29-25(9-1)26-10-2-5-13-30(26)37(29)31-14-6-8-16-35(31)39-36-22-24(17-19-32(36)37)23-18-20-34-28(21-23)27-11-3-7-15-33(27)38-34/h1-22H. The molecule has 9 rings (SSSR count). The highest BCUT2D eigenvalue weighted by Gasteiger charge is 2.50. The maximum absolute atomic E-state index is 6.68. The van der Waals surface area contributed by atoms with Crippen LogP contribution < -0.4 is 4.74 Å². The van der Waals surface area contributed by atoms with Crippen LogP contribution in [0.25, 0.3) is 44.2 Å². The predicted molar refractivity (Wildman–Crippen MR) is 157 cm³/mol. The fourth-order valence-corrected chi connectivity index (χ4v) is 6.95. The van der Waals surface area contributed by atoms with Crippen LogP contribution in [0.1, 0.15) is 22.3 Å². The molecule has 2 nitrogen and oxygen atoms in total. The second kappa shape index (κ2) is 7.49. The number of fused-ring (bicyclic) bond motifs is 12. The van der Waals surface area contributed by atoms with Gasteiger partial charge in [-0.15, -0.1) is 0 Å². The quantitative estimate of drug-likeness (QED) is 0.225. The molecule has 1 aliphatic carbocycles. The van der Waals surface area contributed by atoms with Crippen LogP contribution in [0, 0.1) is 0 Å². The molecule has 0 radical (unpaired) electrons. The smallest absolute Gasteiger partial charge is 0.135 e. The van der Waals surface area contributed by atoms with Crippen LogP contribution in [0.4, 0.5) is 0 Å². The Morgan fingerprint density at radius 2 is 1.00 bits per heavy atom. The monoisotopic (exact) mass is 498 g/mol. The first kappa shape index (κ1) is 20.9. The Morgan fingerprint density at radius 1 is 0.410 bits per heavy atom. The summed E-state index contributed by atoms with van der Waals surface area (Å²) in [5.74, 6) is 1.81. The van der Waals surface area contributed by atoms with Gasteiger partial charge in [0, 0.05) is 21.9 Å². The predicted octanol–water partition coefficient (Wildman–Crippen LogP) is 9.72. The van der Waals surface area contributed by atoms with Crippen LogP contribution in [0.15, 0.2) is 138 Å². The summed E-state index contributed by atoms with van der Waals surface area (Å²) in [5.41, 5.74) is 11.2. The minimum Gasteiger partial charge on any atom is -0.457 e. The van der Waals surface area contributed by atoms with Gasteiger partial charge in [0.25, 0.3) is 0 Å². The molecule has 182 valence electrons. The van der Waals surface area contributed by atoms with Gasteiger partial charge in [0.05, 0.1) is 5.41 Å². The van der Waals surface area contributed by atoms with E-state index in [9.17, 15) is 0 Å². The van der Waals surface area contributed by atoms with Crippen LogP contribution >= 0.6 is 0 Å². The molecule has 1 spiro atoms. The van der Waals surface area contributed by atoms with Crippen LogP contribution in [-0.2, 0) is 5.41 Å². The molecule has 7 aromatic rings. The van der Waals surface area contributed by atoms with Crippen LogP contribution in [0.2, 0.25) is 0 Å². The van der Waals surface area contributed by atoms with Gasteiger partial charge in [-0.2, -0.15) is 0 Å². The Morgan fingerprint density at radius 3 is 1.82 bits per heavy atom. The average Bonchev–Trinajstić information content (AvgIpc) is 3.51. The van der Waals surface area contributed by atoms with Gasteiger partial charge in [-0.05, 0) is 63.7 Å². The number of rotatable bonds is 1. The van der Waals surface area contributed by atoms with E-state index in [4.69, 9.17) is 9.15 Å². The normalized spacial score (nSPS) is 14.1. The molecule has 0 fully saturated rings. The van der Waals surface area contributed by atoms with E-state index < -0.39 is 5.41 Å². The molecule has 0 saturated carbocycles. The topological polar surface area (TPSA) is 22.4 Å². The molecule has 2 heteroatoms. The summed E-state index contributed by atoms with van der Waals surface area (Å²) in [4.78, 5) is 0. The van der Waals surface area contributed by atoms with Gasteiger partial charge in [-0.25, -0.2) is 0 Å². The van der Waals surface area contributed by atoms with E-state index in [1.165, 1.54) is 33.4 Å². The van der Waals surface area contributed by atoms with E-state index in [0.717, 1.165) is 44.6 Å². The lowest BCUT2D eigenvalue weighted by atomic mass is 9.66. The Labute approximate surface area is 225 Å². The average molecular weight is 499 g/mol. The van der Waals surface area contributed by atoms with Crippen molar-refractivity contribution in [1.29, 1.82) is 0 Å². The Hall–Kier alpha value is -5.08. The highest BCUT2D eigenvalue weighted by molar-refractivity contribution is 6.06. The van der Waals surface area contributed by atoms with Crippen molar-refractivity contribution in [2.45, 2.75) is 5.41 Å². The Kier molecular flexibility index (Phi) is 4.02. The highest BCUT2D eigenvalue weighted by Crippen LogP contribution is 2.62. The molecule has 2 aliphatic rings. The van der Waals surface area contributed by atoms with Gasteiger partial charge in [0.15, 0.2) is 0 Å². The van der Waals surface area contributed by atoms with Gasteiger partial charge < -0.3 is 9.15 Å². The fourth-order valence-electron chi connectivity index (χ4n) is 6.95. The number of hydrogen-bond donors (Lipinski definition) is 0. The first-order chi connectivity index (χ1) is 19.3. The molecule has 1 aromatic heterocycles. The first-order valence-corrected chi connectivity index (χ1v) is 13.4. The summed E-state index contributed by atoms with van der Waals surface area (Å²) in [6.45, 7) is 0. The molecule has 0 N–H and O–H groups in total. The zero-order valence-corrected chi connectivity index (χ0v) is 21.0. The summed E-state index contributed by atoms with van der Waals surface area (Å²) in [5, 5.41) is 2.26. The summed E-state index contributed by atoms with van der Waals surface area (Å²) < 4.78 is 12.8. The van der Waals surface area contributed by atoms with E-state index in [2.05, 4.69) is 121 Å². The van der Waals surface area contributed by atoms with Crippen molar-refractivity contribution in [3.8, 4) is 33.8 Å². The number of benzene rings is 6. The van der Waals surface area contributed by atoms with Gasteiger partial charge >= 0.3 is 0 Å². The number of furan rings is 1. The van der Waals surface area contributed by atoms with Crippen molar-refractivity contribution < 1.29 is 9.15 Å². The second-order valence-electron chi connectivity index (χ2n) is 10.5. The van der Waals surface area contributed by atoms with Gasteiger partial charge in [-0.3, -0.25) is 0 Å². The molecular formula is C37H22O2. The number of ether oxygens (including phenoxy) is 1. The highest BCUT2D eigenvalue weighted by atomic mass is 16.5. The summed E-state index contributed by atoms with van der Waals surface area (Å²) in [7, 11) is 0. The van der Waals surface area contributed by atoms with E-state index >= 15 is 0 Å². The molecule has 2 heterocycles. The first-order valence-electron chi connectivity index (χ1n) is 13.4. The minimum absolute atomic E-state index is 0.430. The van der Waals surface area contributed by atoms with Crippen molar-refractivity contribution in [2.24, 2.45) is 0 Å². The SMILES string of the molecule is c1ccc2c(c1)Oc1cc(-c3ccc4oc5ccccc5c4c3)ccc1C21c2ccccc2-c2ccccc21. The summed E-state index contributed by atoms with van der Waals surface area (Å²) >= 11 is 0. The second-order valence-corrected chi connectivity index (χ2v) is 10.5.